The molecule has 0 spiro atoms. The van der Waals surface area contributed by atoms with Crippen LogP contribution in [0, 0.1) is 5.92 Å². The molecule has 0 atom stereocenters. The van der Waals surface area contributed by atoms with Gasteiger partial charge in [-0.2, -0.15) is 0 Å². The van der Waals surface area contributed by atoms with Crippen molar-refractivity contribution in [2.24, 2.45) is 5.92 Å². The Kier molecular flexibility index (Phi) is 13.5. The SMILES string of the molecule is CCCCCCCCCCCC1CCCCCCCCC1. The highest BCUT2D eigenvalue weighted by Gasteiger charge is 2.09. The van der Waals surface area contributed by atoms with Crippen LogP contribution >= 0.6 is 0 Å². The van der Waals surface area contributed by atoms with E-state index < -0.39 is 0 Å². The van der Waals surface area contributed by atoms with E-state index >= 15 is 0 Å². The summed E-state index contributed by atoms with van der Waals surface area (Å²) in [6.45, 7) is 2.30. The summed E-state index contributed by atoms with van der Waals surface area (Å²) in [4.78, 5) is 0. The molecule has 0 nitrogen and oxygen atoms in total. The molecule has 1 fully saturated rings. The van der Waals surface area contributed by atoms with Gasteiger partial charge in [0, 0.05) is 0 Å². The maximum atomic E-state index is 2.30. The van der Waals surface area contributed by atoms with Gasteiger partial charge in [-0.3, -0.25) is 0 Å². The van der Waals surface area contributed by atoms with Crippen LogP contribution in [0.15, 0.2) is 0 Å². The molecule has 0 saturated heterocycles. The van der Waals surface area contributed by atoms with E-state index in [0.29, 0.717) is 0 Å². The molecule has 126 valence electrons. The molecule has 0 bridgehead atoms. The Bertz CT molecular complexity index is 186. The molecule has 0 aliphatic heterocycles. The lowest BCUT2D eigenvalue weighted by Crippen LogP contribution is -2.02. The van der Waals surface area contributed by atoms with Crippen molar-refractivity contribution in [3.05, 3.63) is 0 Å². The topological polar surface area (TPSA) is 0 Å². The van der Waals surface area contributed by atoms with Crippen molar-refractivity contribution in [1.82, 2.24) is 0 Å². The monoisotopic (exact) mass is 294 g/mol. The molecule has 0 amide bonds. The minimum absolute atomic E-state index is 1.08. The molecule has 0 unspecified atom stereocenters. The zero-order chi connectivity index (χ0) is 15.0. The van der Waals surface area contributed by atoms with Crippen molar-refractivity contribution >= 4 is 0 Å². The van der Waals surface area contributed by atoms with Crippen molar-refractivity contribution < 1.29 is 0 Å². The molecule has 1 saturated carbocycles. The summed E-state index contributed by atoms with van der Waals surface area (Å²) in [6.07, 6.45) is 28.5. The Balaban J connectivity index is 1.92. The van der Waals surface area contributed by atoms with Crippen LogP contribution in [0.2, 0.25) is 0 Å². The molecule has 1 rings (SSSR count). The smallest absolute Gasteiger partial charge is 0.0414 e. The molecular formula is C21H42. The minimum Gasteiger partial charge on any atom is -0.0654 e. The molecule has 0 radical (unpaired) electrons. The van der Waals surface area contributed by atoms with Crippen molar-refractivity contribution in [2.45, 2.75) is 129 Å². The van der Waals surface area contributed by atoms with Crippen LogP contribution in [0.1, 0.15) is 129 Å². The van der Waals surface area contributed by atoms with Gasteiger partial charge in [0.05, 0.1) is 0 Å². The van der Waals surface area contributed by atoms with Crippen molar-refractivity contribution in [3.8, 4) is 0 Å². The van der Waals surface area contributed by atoms with Crippen molar-refractivity contribution in [2.75, 3.05) is 0 Å². The number of unbranched alkanes of at least 4 members (excludes halogenated alkanes) is 8. The molecule has 21 heavy (non-hydrogen) atoms. The summed E-state index contributed by atoms with van der Waals surface area (Å²) in [7, 11) is 0. The highest BCUT2D eigenvalue weighted by molar-refractivity contribution is 4.63. The molecule has 0 aromatic carbocycles. The zero-order valence-electron chi connectivity index (χ0n) is 15.0. The Labute approximate surface area is 135 Å². The zero-order valence-corrected chi connectivity index (χ0v) is 15.0. The molecular weight excluding hydrogens is 252 g/mol. The third kappa shape index (κ3) is 12.2. The molecule has 0 aromatic heterocycles. The quantitative estimate of drug-likeness (QED) is 0.357. The van der Waals surface area contributed by atoms with Gasteiger partial charge in [-0.1, -0.05) is 129 Å². The van der Waals surface area contributed by atoms with E-state index in [4.69, 9.17) is 0 Å². The Hall–Kier alpha value is 0. The Morgan fingerprint density at radius 2 is 0.952 bits per heavy atom. The van der Waals surface area contributed by atoms with E-state index in [1.165, 1.54) is 122 Å². The predicted octanol–water partition coefficient (Wildman–Crippen LogP) is 8.05. The fourth-order valence-electron chi connectivity index (χ4n) is 3.93. The van der Waals surface area contributed by atoms with Crippen LogP contribution in [0.4, 0.5) is 0 Å². The summed E-state index contributed by atoms with van der Waals surface area (Å²) in [6, 6.07) is 0. The maximum absolute atomic E-state index is 2.30. The van der Waals surface area contributed by atoms with E-state index in [1.54, 1.807) is 0 Å². The Morgan fingerprint density at radius 1 is 0.524 bits per heavy atom. The second-order valence-corrected chi connectivity index (χ2v) is 7.54. The lowest BCUT2D eigenvalue weighted by atomic mass is 9.88. The van der Waals surface area contributed by atoms with Gasteiger partial charge >= 0.3 is 0 Å². The number of hydrogen-bond acceptors (Lipinski definition) is 0. The van der Waals surface area contributed by atoms with E-state index in [-0.39, 0.29) is 0 Å². The van der Waals surface area contributed by atoms with Crippen LogP contribution < -0.4 is 0 Å². The van der Waals surface area contributed by atoms with E-state index in [9.17, 15) is 0 Å². The standard InChI is InChI=1S/C21H42/c1-2-3-4-5-6-7-9-12-15-18-21-19-16-13-10-8-11-14-17-20-21/h21H,2-20H2,1H3. The fourth-order valence-corrected chi connectivity index (χ4v) is 3.93. The van der Waals surface area contributed by atoms with Gasteiger partial charge in [0.25, 0.3) is 0 Å². The average Bonchev–Trinajstić information content (AvgIpc) is 2.51. The summed E-state index contributed by atoms with van der Waals surface area (Å²) < 4.78 is 0. The third-order valence-corrected chi connectivity index (χ3v) is 5.44. The van der Waals surface area contributed by atoms with Crippen molar-refractivity contribution in [3.63, 3.8) is 0 Å². The minimum atomic E-state index is 1.08. The molecule has 0 aromatic rings. The largest absolute Gasteiger partial charge is 0.0654 e. The first-order chi connectivity index (χ1) is 10.4. The molecule has 0 N–H and O–H groups in total. The van der Waals surface area contributed by atoms with Crippen LogP contribution in [0.25, 0.3) is 0 Å². The Morgan fingerprint density at radius 3 is 1.48 bits per heavy atom. The third-order valence-electron chi connectivity index (χ3n) is 5.44. The maximum Gasteiger partial charge on any atom is -0.0414 e. The van der Waals surface area contributed by atoms with E-state index in [2.05, 4.69) is 6.92 Å². The molecule has 1 aliphatic rings. The summed E-state index contributed by atoms with van der Waals surface area (Å²) in [5.41, 5.74) is 0. The molecule has 0 heteroatoms. The first-order valence-electron chi connectivity index (χ1n) is 10.4. The highest BCUT2D eigenvalue weighted by Crippen LogP contribution is 2.26. The molecule has 1 aliphatic carbocycles. The number of rotatable bonds is 10. The summed E-state index contributed by atoms with van der Waals surface area (Å²) >= 11 is 0. The van der Waals surface area contributed by atoms with Gasteiger partial charge < -0.3 is 0 Å². The van der Waals surface area contributed by atoms with Gasteiger partial charge in [0.1, 0.15) is 0 Å². The van der Waals surface area contributed by atoms with Gasteiger partial charge in [-0.05, 0) is 5.92 Å². The second-order valence-electron chi connectivity index (χ2n) is 7.54. The van der Waals surface area contributed by atoms with Crippen LogP contribution in [-0.4, -0.2) is 0 Å². The molecule has 0 heterocycles. The van der Waals surface area contributed by atoms with Crippen LogP contribution in [-0.2, 0) is 0 Å². The average molecular weight is 295 g/mol. The lowest BCUT2D eigenvalue weighted by Gasteiger charge is -2.18. The summed E-state index contributed by atoms with van der Waals surface area (Å²) in [5, 5.41) is 0. The predicted molar refractivity (Wildman–Crippen MR) is 96.9 cm³/mol. The van der Waals surface area contributed by atoms with Crippen molar-refractivity contribution in [1.29, 1.82) is 0 Å². The first-order valence-corrected chi connectivity index (χ1v) is 10.4. The second kappa shape index (κ2) is 14.9. The normalized spacial score (nSPS) is 18.7. The van der Waals surface area contributed by atoms with E-state index in [0.717, 1.165) is 5.92 Å². The van der Waals surface area contributed by atoms with Gasteiger partial charge in [0.2, 0.25) is 0 Å². The first kappa shape index (κ1) is 19.0. The van der Waals surface area contributed by atoms with Gasteiger partial charge in [-0.15, -0.1) is 0 Å². The highest BCUT2D eigenvalue weighted by atomic mass is 14.2. The van der Waals surface area contributed by atoms with Crippen LogP contribution in [0.5, 0.6) is 0 Å². The lowest BCUT2D eigenvalue weighted by molar-refractivity contribution is 0.356. The van der Waals surface area contributed by atoms with Gasteiger partial charge in [-0.25, -0.2) is 0 Å². The summed E-state index contributed by atoms with van der Waals surface area (Å²) in [5.74, 6) is 1.08. The van der Waals surface area contributed by atoms with E-state index in [1.807, 2.05) is 0 Å². The number of hydrogen-bond donors (Lipinski definition) is 0. The van der Waals surface area contributed by atoms with Gasteiger partial charge in [0.15, 0.2) is 0 Å². The fraction of sp³-hybridized carbons (Fsp3) is 1.00. The van der Waals surface area contributed by atoms with Crippen LogP contribution in [0.3, 0.4) is 0 Å².